The smallest absolute Gasteiger partial charge is 0.338 e. The Morgan fingerprint density at radius 2 is 1.90 bits per heavy atom. The number of piperidine rings is 1. The summed E-state index contributed by atoms with van der Waals surface area (Å²) in [5, 5.41) is 11.6. The number of ether oxygens (including phenoxy) is 2. The van der Waals surface area contributed by atoms with E-state index >= 15 is 0 Å². The van der Waals surface area contributed by atoms with Gasteiger partial charge in [-0.1, -0.05) is 23.5 Å². The fourth-order valence-electron chi connectivity index (χ4n) is 5.23. The summed E-state index contributed by atoms with van der Waals surface area (Å²) in [6, 6.07) is 11.2. The van der Waals surface area contributed by atoms with Crippen LogP contribution >= 0.6 is 11.3 Å². The molecule has 2 aliphatic rings. The number of esters is 1. The highest BCUT2D eigenvalue weighted by atomic mass is 32.1. The van der Waals surface area contributed by atoms with Crippen molar-refractivity contribution in [3.05, 3.63) is 94.7 Å². The topological polar surface area (TPSA) is 116 Å². The molecule has 0 aliphatic carbocycles. The predicted octanol–water partition coefficient (Wildman–Crippen LogP) is 3.71. The van der Waals surface area contributed by atoms with Gasteiger partial charge in [-0.2, -0.15) is 0 Å². The van der Waals surface area contributed by atoms with Gasteiger partial charge in [0.2, 0.25) is 0 Å². The molecule has 3 aromatic rings. The number of carbonyl (C=O) groups is 1. The molecule has 1 unspecified atom stereocenters. The molecular formula is C29H30N4O6S. The molecule has 2 aromatic carbocycles. The number of nitro benzene ring substituents is 1. The van der Waals surface area contributed by atoms with E-state index in [1.165, 1.54) is 28.0 Å². The quantitative estimate of drug-likeness (QED) is 0.245. The minimum absolute atomic E-state index is 0.0451. The van der Waals surface area contributed by atoms with Crippen LogP contribution in [0.4, 0.5) is 11.4 Å². The van der Waals surface area contributed by atoms with Gasteiger partial charge in [-0.15, -0.1) is 0 Å². The highest BCUT2D eigenvalue weighted by molar-refractivity contribution is 7.07. The van der Waals surface area contributed by atoms with E-state index in [2.05, 4.69) is 9.89 Å². The number of benzene rings is 2. The zero-order chi connectivity index (χ0) is 28.4. The standard InChI is InChI=1S/C29H30N4O6S/c1-4-39-28(35)25-18(2)30-29-32(26(25)19-8-11-22(38-3)12-9-19)27(34)24(40-29)17-20-16-21(33(36)37)10-13-23(20)31-14-6-5-7-15-31/h8-13,16-17,26H,4-7,14-15H2,1-3H3. The maximum atomic E-state index is 14.0. The van der Waals surface area contributed by atoms with Crippen molar-refractivity contribution in [1.82, 2.24) is 4.57 Å². The number of rotatable bonds is 7. The van der Waals surface area contributed by atoms with Crippen molar-refractivity contribution in [2.24, 2.45) is 4.99 Å². The highest BCUT2D eigenvalue weighted by Gasteiger charge is 2.33. The van der Waals surface area contributed by atoms with Gasteiger partial charge in [0.25, 0.3) is 11.2 Å². The van der Waals surface area contributed by atoms with Crippen LogP contribution in [0.15, 0.2) is 63.5 Å². The summed E-state index contributed by atoms with van der Waals surface area (Å²) in [5.74, 6) is 0.107. The number of fused-ring (bicyclic) bond motifs is 1. The Balaban J connectivity index is 1.70. The van der Waals surface area contributed by atoms with Gasteiger partial charge < -0.3 is 14.4 Å². The third-order valence-corrected chi connectivity index (χ3v) is 8.14. The van der Waals surface area contributed by atoms with Crippen LogP contribution in [0, 0.1) is 10.1 Å². The number of aromatic nitrogens is 1. The lowest BCUT2D eigenvalue weighted by atomic mass is 9.96. The lowest BCUT2D eigenvalue weighted by molar-refractivity contribution is -0.384. The minimum atomic E-state index is -0.755. The van der Waals surface area contributed by atoms with E-state index in [1.54, 1.807) is 45.2 Å². The van der Waals surface area contributed by atoms with Crippen LogP contribution in [0.5, 0.6) is 5.75 Å². The Morgan fingerprint density at radius 3 is 2.55 bits per heavy atom. The number of hydrogen-bond acceptors (Lipinski definition) is 9. The van der Waals surface area contributed by atoms with Crippen LogP contribution in [0.25, 0.3) is 6.08 Å². The summed E-state index contributed by atoms with van der Waals surface area (Å²) in [5.41, 5.74) is 2.53. The fourth-order valence-corrected chi connectivity index (χ4v) is 6.27. The van der Waals surface area contributed by atoms with Crippen LogP contribution in [0.1, 0.15) is 50.3 Å². The number of hydrogen-bond donors (Lipinski definition) is 0. The van der Waals surface area contributed by atoms with E-state index in [4.69, 9.17) is 9.47 Å². The molecule has 0 saturated carbocycles. The molecule has 0 radical (unpaired) electrons. The molecule has 10 nitrogen and oxygen atoms in total. The first-order valence-corrected chi connectivity index (χ1v) is 14.0. The van der Waals surface area contributed by atoms with Gasteiger partial charge in [-0.3, -0.25) is 19.5 Å². The first-order valence-electron chi connectivity index (χ1n) is 13.2. The number of thiazole rings is 1. The van der Waals surface area contributed by atoms with Crippen molar-refractivity contribution in [3.63, 3.8) is 0 Å². The Labute approximate surface area is 234 Å². The van der Waals surface area contributed by atoms with E-state index in [0.29, 0.717) is 31.9 Å². The molecule has 11 heteroatoms. The van der Waals surface area contributed by atoms with Crippen LogP contribution in [0.2, 0.25) is 0 Å². The summed E-state index contributed by atoms with van der Waals surface area (Å²) in [7, 11) is 1.57. The maximum absolute atomic E-state index is 14.0. The molecule has 0 spiro atoms. The number of anilines is 1. The summed E-state index contributed by atoms with van der Waals surface area (Å²) < 4.78 is 12.5. The van der Waals surface area contributed by atoms with E-state index in [1.807, 2.05) is 12.1 Å². The summed E-state index contributed by atoms with van der Waals surface area (Å²) >= 11 is 1.19. The average molecular weight is 563 g/mol. The molecule has 1 fully saturated rings. The number of nitro groups is 1. The molecule has 1 aromatic heterocycles. The van der Waals surface area contributed by atoms with Gasteiger partial charge in [-0.25, -0.2) is 9.79 Å². The first-order chi connectivity index (χ1) is 19.3. The van der Waals surface area contributed by atoms with Crippen molar-refractivity contribution in [1.29, 1.82) is 0 Å². The third-order valence-electron chi connectivity index (χ3n) is 7.15. The van der Waals surface area contributed by atoms with Gasteiger partial charge in [0, 0.05) is 36.5 Å². The lowest BCUT2D eigenvalue weighted by Gasteiger charge is -2.30. The molecule has 208 valence electrons. The second-order valence-electron chi connectivity index (χ2n) is 9.62. The van der Waals surface area contributed by atoms with Gasteiger partial charge in [0.05, 0.1) is 40.5 Å². The van der Waals surface area contributed by atoms with Crippen LogP contribution in [-0.4, -0.2) is 42.3 Å². The van der Waals surface area contributed by atoms with E-state index in [9.17, 15) is 19.7 Å². The molecule has 2 aliphatic heterocycles. The molecule has 0 amide bonds. The Hall–Kier alpha value is -4.25. The van der Waals surface area contributed by atoms with E-state index < -0.39 is 16.9 Å². The van der Waals surface area contributed by atoms with Crippen molar-refractivity contribution in [2.45, 2.75) is 39.2 Å². The van der Waals surface area contributed by atoms with Gasteiger partial charge in [-0.05, 0) is 62.9 Å². The fraction of sp³-hybridized carbons (Fsp3) is 0.345. The first kappa shape index (κ1) is 27.3. The number of allylic oxidation sites excluding steroid dienone is 1. The second kappa shape index (κ2) is 11.5. The molecule has 3 heterocycles. The maximum Gasteiger partial charge on any atom is 0.338 e. The molecule has 40 heavy (non-hydrogen) atoms. The van der Waals surface area contributed by atoms with E-state index in [0.717, 1.165) is 38.0 Å². The second-order valence-corrected chi connectivity index (χ2v) is 10.6. The molecule has 0 bridgehead atoms. The van der Waals surface area contributed by atoms with Crippen LogP contribution in [0.3, 0.4) is 0 Å². The molecule has 1 atom stereocenters. The summed E-state index contributed by atoms with van der Waals surface area (Å²) in [6.07, 6.45) is 4.92. The van der Waals surface area contributed by atoms with Crippen molar-refractivity contribution >= 4 is 34.8 Å². The average Bonchev–Trinajstić information content (AvgIpc) is 3.26. The normalized spacial score (nSPS) is 17.3. The number of methoxy groups -OCH3 is 1. The molecule has 1 saturated heterocycles. The van der Waals surface area contributed by atoms with E-state index in [-0.39, 0.29) is 23.4 Å². The number of carbonyl (C=O) groups excluding carboxylic acids is 1. The predicted molar refractivity (Wildman–Crippen MR) is 153 cm³/mol. The monoisotopic (exact) mass is 562 g/mol. The number of non-ortho nitro benzene ring substituents is 1. The van der Waals surface area contributed by atoms with Crippen molar-refractivity contribution in [2.75, 3.05) is 31.7 Å². The van der Waals surface area contributed by atoms with Crippen molar-refractivity contribution in [3.8, 4) is 5.75 Å². The zero-order valence-corrected chi connectivity index (χ0v) is 23.4. The molecular weight excluding hydrogens is 532 g/mol. The van der Waals surface area contributed by atoms with Crippen LogP contribution in [-0.2, 0) is 9.53 Å². The SMILES string of the molecule is CCOC(=O)C1=C(C)N=c2sc(=Cc3cc([N+](=O)[O-])ccc3N3CCCCC3)c(=O)n2C1c1ccc(OC)cc1. The summed E-state index contributed by atoms with van der Waals surface area (Å²) in [4.78, 5) is 45.5. The Morgan fingerprint density at radius 1 is 1.18 bits per heavy atom. The molecule has 0 N–H and O–H groups in total. The van der Waals surface area contributed by atoms with Gasteiger partial charge >= 0.3 is 5.97 Å². The highest BCUT2D eigenvalue weighted by Crippen LogP contribution is 2.32. The molecule has 5 rings (SSSR count). The third kappa shape index (κ3) is 5.16. The van der Waals surface area contributed by atoms with Gasteiger partial charge in [0.1, 0.15) is 5.75 Å². The Bertz CT molecular complexity index is 1670. The largest absolute Gasteiger partial charge is 0.497 e. The summed E-state index contributed by atoms with van der Waals surface area (Å²) in [6.45, 7) is 5.33. The van der Waals surface area contributed by atoms with Crippen LogP contribution < -0.4 is 24.5 Å². The minimum Gasteiger partial charge on any atom is -0.497 e. The Kier molecular flexibility index (Phi) is 7.83. The van der Waals surface area contributed by atoms with Crippen molar-refractivity contribution < 1.29 is 19.2 Å². The lowest BCUT2D eigenvalue weighted by Crippen LogP contribution is -2.40. The van der Waals surface area contributed by atoms with Gasteiger partial charge in [0.15, 0.2) is 4.80 Å². The zero-order valence-electron chi connectivity index (χ0n) is 22.6. The number of nitrogens with zero attached hydrogens (tertiary/aromatic N) is 4.